The van der Waals surface area contributed by atoms with Crippen molar-refractivity contribution in [2.75, 3.05) is 43.5 Å². The molecule has 4 aromatic rings. The highest BCUT2D eigenvalue weighted by atomic mass is 35.5. The van der Waals surface area contributed by atoms with Crippen molar-refractivity contribution in [1.29, 1.82) is 0 Å². The predicted molar refractivity (Wildman–Crippen MR) is 230 cm³/mol. The monoisotopic (exact) mass is 876 g/mol. The van der Waals surface area contributed by atoms with Gasteiger partial charge in [-0.25, -0.2) is 38.5 Å². The number of para-hydroxylation sites is 2. The zero-order chi connectivity index (χ0) is 42.9. The fourth-order valence-corrected chi connectivity index (χ4v) is 6.68. The summed E-state index contributed by atoms with van der Waals surface area (Å²) in [4.78, 5) is 79.3. The second kappa shape index (κ2) is 23.4. The number of imidazole rings is 1. The molecule has 19 heteroatoms. The van der Waals surface area contributed by atoms with Gasteiger partial charge in [0.2, 0.25) is 5.95 Å². The van der Waals surface area contributed by atoms with E-state index in [9.17, 15) is 28.8 Å². The highest BCUT2D eigenvalue weighted by molar-refractivity contribution is 8.12. The molecule has 1 aliphatic heterocycles. The molecule has 312 valence electrons. The van der Waals surface area contributed by atoms with Gasteiger partial charge in [-0.1, -0.05) is 84.2 Å². The van der Waals surface area contributed by atoms with E-state index in [2.05, 4.69) is 25.7 Å². The summed E-state index contributed by atoms with van der Waals surface area (Å²) >= 11 is 18.9. The van der Waals surface area contributed by atoms with Crippen molar-refractivity contribution < 1.29 is 33.5 Å². The number of carbonyl (C=O) groups excluding carboxylic acids is 6. The molecule has 58 heavy (non-hydrogen) atoms. The van der Waals surface area contributed by atoms with Crippen LogP contribution in [0.2, 0.25) is 15.1 Å². The summed E-state index contributed by atoms with van der Waals surface area (Å²) < 4.78 is 5.88. The maximum atomic E-state index is 12.3. The Morgan fingerprint density at radius 1 is 0.897 bits per heavy atom. The van der Waals surface area contributed by atoms with Gasteiger partial charge in [0.05, 0.1) is 23.8 Å². The van der Waals surface area contributed by atoms with E-state index in [0.29, 0.717) is 33.4 Å². The Hall–Kier alpha value is -5.03. The fourth-order valence-electron chi connectivity index (χ4n) is 5.12. The zero-order valence-corrected chi connectivity index (χ0v) is 36.1. The average molecular weight is 878 g/mol. The van der Waals surface area contributed by atoms with E-state index in [1.54, 1.807) is 26.0 Å². The summed E-state index contributed by atoms with van der Waals surface area (Å²) in [7, 11) is 1.25. The number of carbonyl (C=O) groups is 6. The van der Waals surface area contributed by atoms with Crippen molar-refractivity contribution in [1.82, 2.24) is 30.0 Å². The zero-order valence-electron chi connectivity index (χ0n) is 33.0. The van der Waals surface area contributed by atoms with Crippen molar-refractivity contribution in [3.63, 3.8) is 0 Å². The predicted octanol–water partition coefficient (Wildman–Crippen LogP) is 9.49. The standard InChI is InChI=1S/C14H18N4O3.C13H13Cl2N3O3.C12H16ClNOS/c1-3-4-9-15-13(19)18-11-8-6-5-7-10(11)16-12(18)17-14(20)21-2;1-7(2)16-12(20)17-6-11(19)18(13(17)21)10-4-8(14)3-9(15)5-10;1-3-14(4-2)12(15)16-9-10-5-7-11(13)8-6-10/h5-8H,3-4,9H2,1-2H3,(H,15,19)(H,16,17,20);3-5,7H,6H2,1-2H3,(H,16,20);5-8H,3-4,9H2,1-2H3. The topological polar surface area (TPSA) is 175 Å². The quantitative estimate of drug-likeness (QED) is 0.104. The summed E-state index contributed by atoms with van der Waals surface area (Å²) in [5.74, 6) is 0.321. The molecule has 0 spiro atoms. The van der Waals surface area contributed by atoms with Crippen LogP contribution < -0.4 is 20.9 Å². The number of hydrogen-bond donors (Lipinski definition) is 3. The van der Waals surface area contributed by atoms with E-state index in [-0.39, 0.29) is 35.5 Å². The van der Waals surface area contributed by atoms with E-state index in [0.717, 1.165) is 46.3 Å². The van der Waals surface area contributed by atoms with Crippen LogP contribution in [0.5, 0.6) is 0 Å². The van der Waals surface area contributed by atoms with Crippen LogP contribution >= 0.6 is 46.6 Å². The lowest BCUT2D eigenvalue weighted by Crippen LogP contribution is -2.45. The third-order valence-corrected chi connectivity index (χ3v) is 9.67. The molecule has 0 saturated carbocycles. The third kappa shape index (κ3) is 13.8. The molecule has 8 amide bonds. The summed E-state index contributed by atoms with van der Waals surface area (Å²) in [6.07, 6.45) is 1.20. The summed E-state index contributed by atoms with van der Waals surface area (Å²) in [6, 6.07) is 17.3. The average Bonchev–Trinajstić information content (AvgIpc) is 3.70. The summed E-state index contributed by atoms with van der Waals surface area (Å²) in [5, 5.41) is 9.27. The minimum absolute atomic E-state index is 0.136. The minimum atomic E-state index is -0.725. The molecular weight excluding hydrogens is 831 g/mol. The Balaban J connectivity index is 0.000000236. The van der Waals surface area contributed by atoms with Crippen molar-refractivity contribution in [3.05, 3.63) is 87.4 Å². The molecule has 1 saturated heterocycles. The molecule has 3 N–H and O–H groups in total. The van der Waals surface area contributed by atoms with E-state index < -0.39 is 24.1 Å². The summed E-state index contributed by atoms with van der Waals surface area (Å²) in [5.41, 5.74) is 2.60. The van der Waals surface area contributed by atoms with Crippen LogP contribution in [0.1, 0.15) is 53.0 Å². The number of methoxy groups -OCH3 is 1. The van der Waals surface area contributed by atoms with Crippen LogP contribution in [-0.2, 0) is 15.3 Å². The van der Waals surface area contributed by atoms with E-state index in [4.69, 9.17) is 34.8 Å². The lowest BCUT2D eigenvalue weighted by atomic mass is 10.2. The number of nitrogens with zero attached hydrogens (tertiary/aromatic N) is 5. The molecule has 0 unspecified atom stereocenters. The molecule has 0 radical (unpaired) electrons. The highest BCUT2D eigenvalue weighted by Crippen LogP contribution is 2.29. The van der Waals surface area contributed by atoms with E-state index in [1.807, 2.05) is 62.1 Å². The van der Waals surface area contributed by atoms with Gasteiger partial charge in [0.25, 0.3) is 11.1 Å². The number of fused-ring (bicyclic) bond motifs is 1. The first kappa shape index (κ1) is 47.3. The lowest BCUT2D eigenvalue weighted by molar-refractivity contribution is -0.116. The molecule has 15 nitrogen and oxygen atoms in total. The van der Waals surface area contributed by atoms with Crippen LogP contribution in [-0.4, -0.2) is 94.0 Å². The molecule has 5 rings (SSSR count). The molecule has 0 atom stereocenters. The number of halogens is 3. The number of unbranched alkanes of at least 4 members (excludes halogenated alkanes) is 1. The number of hydrogen-bond acceptors (Lipinski definition) is 9. The molecule has 0 bridgehead atoms. The van der Waals surface area contributed by atoms with Gasteiger partial charge in [0.15, 0.2) is 0 Å². The largest absolute Gasteiger partial charge is 0.453 e. The number of aromatic nitrogens is 2. The van der Waals surface area contributed by atoms with Gasteiger partial charge in [0, 0.05) is 46.5 Å². The molecule has 1 aliphatic rings. The van der Waals surface area contributed by atoms with Crippen LogP contribution in [0.3, 0.4) is 0 Å². The van der Waals surface area contributed by atoms with Crippen molar-refractivity contribution in [3.8, 4) is 0 Å². The van der Waals surface area contributed by atoms with Gasteiger partial charge in [0.1, 0.15) is 6.54 Å². The number of urea groups is 2. The summed E-state index contributed by atoms with van der Waals surface area (Å²) in [6.45, 7) is 11.3. The molecule has 3 aromatic carbocycles. The normalized spacial score (nSPS) is 12.0. The van der Waals surface area contributed by atoms with Crippen LogP contribution in [0.25, 0.3) is 11.0 Å². The number of benzene rings is 3. The first-order valence-electron chi connectivity index (χ1n) is 18.3. The number of imide groups is 2. The molecule has 0 aliphatic carbocycles. The number of ether oxygens (including phenoxy) is 1. The Morgan fingerprint density at radius 3 is 2.12 bits per heavy atom. The fraction of sp³-hybridized carbons (Fsp3) is 0.359. The van der Waals surface area contributed by atoms with Gasteiger partial charge in [-0.3, -0.25) is 14.9 Å². The van der Waals surface area contributed by atoms with Crippen molar-refractivity contribution >= 4 is 105 Å². The molecular formula is C39H47Cl3N8O7S. The molecule has 2 heterocycles. The van der Waals surface area contributed by atoms with Gasteiger partial charge in [-0.2, -0.15) is 0 Å². The lowest BCUT2D eigenvalue weighted by Gasteiger charge is -2.18. The Kier molecular flexibility index (Phi) is 19.1. The molecule has 1 fully saturated rings. The maximum Gasteiger partial charge on any atom is 0.413 e. The Labute approximate surface area is 356 Å². The number of nitrogens with one attached hydrogen (secondary N) is 3. The smallest absolute Gasteiger partial charge is 0.413 e. The van der Waals surface area contributed by atoms with Gasteiger partial charge in [-0.15, -0.1) is 0 Å². The number of thioether (sulfide) groups is 1. The third-order valence-electron chi connectivity index (χ3n) is 7.99. The Morgan fingerprint density at radius 2 is 1.53 bits per heavy atom. The van der Waals surface area contributed by atoms with Gasteiger partial charge >= 0.3 is 24.2 Å². The first-order valence-corrected chi connectivity index (χ1v) is 20.4. The number of anilines is 2. The van der Waals surface area contributed by atoms with Crippen LogP contribution in [0.4, 0.5) is 35.6 Å². The second-order valence-corrected chi connectivity index (χ2v) is 14.9. The molecule has 1 aromatic heterocycles. The SMILES string of the molecule is CC(C)NC(=O)N1CC(=O)N(c2cc(Cl)cc(Cl)c2)C1=O.CCCCNC(=O)n1c(NC(=O)OC)nc2ccccc21.CCN(CC)C(=O)SCc1ccc(Cl)cc1. The second-order valence-electron chi connectivity index (χ2n) is 12.6. The van der Waals surface area contributed by atoms with Crippen molar-refractivity contribution in [2.45, 2.75) is 59.3 Å². The van der Waals surface area contributed by atoms with Crippen molar-refractivity contribution in [2.24, 2.45) is 0 Å². The van der Waals surface area contributed by atoms with Crippen LogP contribution in [0, 0.1) is 0 Å². The first-order chi connectivity index (χ1) is 27.6. The van der Waals surface area contributed by atoms with Gasteiger partial charge in [-0.05, 0) is 82.1 Å². The van der Waals surface area contributed by atoms with E-state index in [1.165, 1.54) is 41.6 Å². The number of rotatable bonds is 10. The highest BCUT2D eigenvalue weighted by Gasteiger charge is 2.41. The Bertz CT molecular complexity index is 2040. The maximum absolute atomic E-state index is 12.3. The van der Waals surface area contributed by atoms with E-state index >= 15 is 0 Å². The minimum Gasteiger partial charge on any atom is -0.453 e. The number of amides is 8. The van der Waals surface area contributed by atoms with Gasteiger partial charge < -0.3 is 20.3 Å². The van der Waals surface area contributed by atoms with Crippen LogP contribution in [0.15, 0.2) is 66.7 Å².